The van der Waals surface area contributed by atoms with E-state index < -0.39 is 0 Å². The zero-order valence-corrected chi connectivity index (χ0v) is 19.1. The molecule has 6 heteroatoms. The molecule has 2 amide bonds. The average Bonchev–Trinajstić information content (AvgIpc) is 2.80. The smallest absolute Gasteiger partial charge is 0.261 e. The summed E-state index contributed by atoms with van der Waals surface area (Å²) >= 11 is 0. The number of para-hydroxylation sites is 1. The molecule has 0 bridgehead atoms. The largest absolute Gasteiger partial charge is 0.369 e. The van der Waals surface area contributed by atoms with Gasteiger partial charge in [0.1, 0.15) is 0 Å². The summed E-state index contributed by atoms with van der Waals surface area (Å²) in [5.74, 6) is -0.337. The van der Waals surface area contributed by atoms with Crippen molar-refractivity contribution in [2.75, 3.05) is 44.2 Å². The van der Waals surface area contributed by atoms with Crippen LogP contribution in [0.5, 0.6) is 0 Å². The first-order valence-corrected chi connectivity index (χ1v) is 10.6. The quantitative estimate of drug-likeness (QED) is 0.513. The second-order valence-electron chi connectivity index (χ2n) is 7.99. The second kappa shape index (κ2) is 9.20. The number of nitrogens with zero attached hydrogens (tertiary/aromatic N) is 3. The minimum absolute atomic E-state index is 0. The summed E-state index contributed by atoms with van der Waals surface area (Å²) in [5.41, 5.74) is 2.55. The molecule has 5 nitrogen and oxygen atoms in total. The molecule has 1 saturated heterocycles. The Bertz CT molecular complexity index is 1040. The van der Waals surface area contributed by atoms with E-state index in [1.165, 1.54) is 10.6 Å². The van der Waals surface area contributed by atoms with Crippen LogP contribution in [0.25, 0.3) is 10.8 Å². The highest BCUT2D eigenvalue weighted by Crippen LogP contribution is 2.30. The molecule has 0 radical (unpaired) electrons. The molecule has 3 aromatic carbocycles. The van der Waals surface area contributed by atoms with Gasteiger partial charge in [0.2, 0.25) is 0 Å². The first kappa shape index (κ1) is 21.5. The lowest BCUT2D eigenvalue weighted by Gasteiger charge is -2.36. The third kappa shape index (κ3) is 4.10. The Hall–Kier alpha value is -2.70. The highest BCUT2D eigenvalue weighted by molar-refractivity contribution is 8.93. The Morgan fingerprint density at radius 2 is 1.29 bits per heavy atom. The molecule has 160 valence electrons. The number of imide groups is 1. The van der Waals surface area contributed by atoms with Crippen LogP contribution in [-0.4, -0.2) is 60.9 Å². The molecule has 3 aromatic rings. The predicted molar refractivity (Wildman–Crippen MR) is 129 cm³/mol. The molecular weight excluding hydrogens is 454 g/mol. The van der Waals surface area contributed by atoms with Crippen LogP contribution in [0.3, 0.4) is 0 Å². The van der Waals surface area contributed by atoms with Crippen LogP contribution < -0.4 is 4.90 Å². The van der Waals surface area contributed by atoms with Crippen molar-refractivity contribution in [2.24, 2.45) is 0 Å². The first-order valence-electron chi connectivity index (χ1n) is 10.6. The molecular formula is C25H26BrN3O2. The van der Waals surface area contributed by atoms with E-state index in [4.69, 9.17) is 0 Å². The van der Waals surface area contributed by atoms with Gasteiger partial charge in [-0.2, -0.15) is 0 Å². The molecule has 0 aromatic heterocycles. The summed E-state index contributed by atoms with van der Waals surface area (Å²) in [6.07, 6.45) is 0.793. The fourth-order valence-corrected chi connectivity index (χ4v) is 4.60. The highest BCUT2D eigenvalue weighted by atomic mass is 79.9. The zero-order chi connectivity index (χ0) is 20.5. The Labute approximate surface area is 193 Å². The Balaban J connectivity index is 0.00000231. The lowest BCUT2D eigenvalue weighted by Crippen LogP contribution is -2.47. The van der Waals surface area contributed by atoms with E-state index >= 15 is 0 Å². The van der Waals surface area contributed by atoms with Crippen LogP contribution in [0.4, 0.5) is 5.69 Å². The molecule has 2 aliphatic heterocycles. The van der Waals surface area contributed by atoms with E-state index in [2.05, 4.69) is 34.1 Å². The van der Waals surface area contributed by atoms with Gasteiger partial charge in [-0.1, -0.05) is 42.5 Å². The van der Waals surface area contributed by atoms with Gasteiger partial charge in [-0.25, -0.2) is 0 Å². The van der Waals surface area contributed by atoms with Crippen molar-refractivity contribution in [3.63, 3.8) is 0 Å². The molecule has 0 atom stereocenters. The summed E-state index contributed by atoms with van der Waals surface area (Å²) < 4.78 is 0. The number of carbonyl (C=O) groups excluding carboxylic acids is 2. The number of rotatable bonds is 5. The van der Waals surface area contributed by atoms with Gasteiger partial charge in [-0.05, 0) is 42.6 Å². The van der Waals surface area contributed by atoms with Crippen molar-refractivity contribution in [1.82, 2.24) is 9.80 Å². The van der Waals surface area contributed by atoms with Crippen molar-refractivity contribution in [3.05, 3.63) is 77.9 Å². The van der Waals surface area contributed by atoms with Crippen molar-refractivity contribution >= 4 is 45.3 Å². The highest BCUT2D eigenvalue weighted by Gasteiger charge is 2.32. The molecule has 2 heterocycles. The van der Waals surface area contributed by atoms with E-state index in [0.29, 0.717) is 17.7 Å². The maximum absolute atomic E-state index is 13.0. The van der Waals surface area contributed by atoms with Crippen molar-refractivity contribution < 1.29 is 9.59 Å². The van der Waals surface area contributed by atoms with Crippen LogP contribution in [0, 0.1) is 0 Å². The maximum atomic E-state index is 13.0. The van der Waals surface area contributed by atoms with E-state index in [-0.39, 0.29) is 28.8 Å². The average molecular weight is 480 g/mol. The van der Waals surface area contributed by atoms with Crippen LogP contribution in [0.15, 0.2) is 66.7 Å². The minimum atomic E-state index is -0.168. The molecule has 0 saturated carbocycles. The SMILES string of the molecule is Br.O=C1c2cccc3cccc(c23)C(=O)N1CCCN1CCN(c2ccccc2)CC1. The standard InChI is InChI=1S/C25H25N3O2.BrH/c29-24-21-11-4-7-19-8-5-12-22(23(19)21)25(30)28(24)14-6-13-26-15-17-27(18-16-26)20-9-2-1-3-10-20;/h1-5,7-12H,6,13-18H2;1H. The third-order valence-electron chi connectivity index (χ3n) is 6.21. The summed E-state index contributed by atoms with van der Waals surface area (Å²) in [5, 5.41) is 1.74. The van der Waals surface area contributed by atoms with E-state index in [1.54, 1.807) is 0 Å². The Morgan fingerprint density at radius 1 is 0.677 bits per heavy atom. The van der Waals surface area contributed by atoms with E-state index in [0.717, 1.165) is 49.9 Å². The van der Waals surface area contributed by atoms with E-state index in [1.807, 2.05) is 42.5 Å². The van der Waals surface area contributed by atoms with Crippen LogP contribution in [-0.2, 0) is 0 Å². The van der Waals surface area contributed by atoms with Crippen LogP contribution in [0.2, 0.25) is 0 Å². The number of hydrogen-bond donors (Lipinski definition) is 0. The summed E-state index contributed by atoms with van der Waals surface area (Å²) in [7, 11) is 0. The molecule has 1 fully saturated rings. The summed E-state index contributed by atoms with van der Waals surface area (Å²) in [6, 6.07) is 21.8. The lowest BCUT2D eigenvalue weighted by atomic mass is 9.94. The van der Waals surface area contributed by atoms with Crippen LogP contribution in [0.1, 0.15) is 27.1 Å². The zero-order valence-electron chi connectivity index (χ0n) is 17.4. The van der Waals surface area contributed by atoms with Gasteiger partial charge >= 0.3 is 0 Å². The molecule has 0 spiro atoms. The predicted octanol–water partition coefficient (Wildman–Crippen LogP) is 4.23. The second-order valence-corrected chi connectivity index (χ2v) is 7.99. The number of carbonyl (C=O) groups is 2. The van der Waals surface area contributed by atoms with Gasteiger partial charge in [0.05, 0.1) is 0 Å². The fraction of sp³-hybridized carbons (Fsp3) is 0.280. The molecule has 0 aliphatic carbocycles. The van der Waals surface area contributed by atoms with Gasteiger partial charge in [-0.3, -0.25) is 19.4 Å². The summed E-state index contributed by atoms with van der Waals surface area (Å²) in [6.45, 7) is 5.35. The number of hydrogen-bond acceptors (Lipinski definition) is 4. The summed E-state index contributed by atoms with van der Waals surface area (Å²) in [4.78, 5) is 32.2. The molecule has 5 rings (SSSR count). The van der Waals surface area contributed by atoms with Crippen LogP contribution >= 0.6 is 17.0 Å². The molecule has 2 aliphatic rings. The normalized spacial score (nSPS) is 16.5. The van der Waals surface area contributed by atoms with Gasteiger partial charge < -0.3 is 4.90 Å². The van der Waals surface area contributed by atoms with Crippen molar-refractivity contribution in [2.45, 2.75) is 6.42 Å². The van der Waals surface area contributed by atoms with Crippen molar-refractivity contribution in [3.8, 4) is 0 Å². The number of anilines is 1. The molecule has 0 unspecified atom stereocenters. The van der Waals surface area contributed by atoms with Gasteiger partial charge in [0.25, 0.3) is 11.8 Å². The van der Waals surface area contributed by atoms with Gasteiger partial charge in [0.15, 0.2) is 0 Å². The number of amides is 2. The van der Waals surface area contributed by atoms with Gasteiger partial charge in [-0.15, -0.1) is 17.0 Å². The maximum Gasteiger partial charge on any atom is 0.261 e. The van der Waals surface area contributed by atoms with Gasteiger partial charge in [0, 0.05) is 54.9 Å². The minimum Gasteiger partial charge on any atom is -0.369 e. The number of benzene rings is 3. The number of halogens is 1. The third-order valence-corrected chi connectivity index (χ3v) is 6.21. The fourth-order valence-electron chi connectivity index (χ4n) is 4.60. The number of piperazine rings is 1. The Kier molecular flexibility index (Phi) is 6.39. The molecule has 0 N–H and O–H groups in total. The lowest BCUT2D eigenvalue weighted by molar-refractivity contribution is 0.0603. The van der Waals surface area contributed by atoms with E-state index in [9.17, 15) is 9.59 Å². The topological polar surface area (TPSA) is 43.9 Å². The monoisotopic (exact) mass is 479 g/mol. The Morgan fingerprint density at radius 3 is 1.90 bits per heavy atom. The molecule has 31 heavy (non-hydrogen) atoms. The van der Waals surface area contributed by atoms with Crippen molar-refractivity contribution in [1.29, 1.82) is 0 Å². The first-order chi connectivity index (χ1) is 14.7.